The smallest absolute Gasteiger partial charge is 0.0991 e. The van der Waals surface area contributed by atoms with Crippen molar-refractivity contribution in [2.45, 2.75) is 25.6 Å². The lowest BCUT2D eigenvalue weighted by Gasteiger charge is -1.97. The maximum atomic E-state index is 5.35. The standard InChI is InChI=1S/C8H15NO/c1-4-5-9-6-7-8(2,3)10-7/h4,7,9H,1,5-6H2,2-3H3. The molecule has 1 heterocycles. The van der Waals surface area contributed by atoms with E-state index < -0.39 is 0 Å². The van der Waals surface area contributed by atoms with Crippen LogP contribution in [0.15, 0.2) is 12.7 Å². The first-order valence-electron chi connectivity index (χ1n) is 3.66. The summed E-state index contributed by atoms with van der Waals surface area (Å²) in [5, 5.41) is 3.21. The van der Waals surface area contributed by atoms with Crippen molar-refractivity contribution in [1.82, 2.24) is 5.32 Å². The summed E-state index contributed by atoms with van der Waals surface area (Å²) in [4.78, 5) is 0. The highest BCUT2D eigenvalue weighted by atomic mass is 16.6. The van der Waals surface area contributed by atoms with Gasteiger partial charge in [0, 0.05) is 13.1 Å². The van der Waals surface area contributed by atoms with Crippen LogP contribution in [0.4, 0.5) is 0 Å². The molecule has 2 nitrogen and oxygen atoms in total. The summed E-state index contributed by atoms with van der Waals surface area (Å²) >= 11 is 0. The zero-order valence-corrected chi connectivity index (χ0v) is 6.68. The second kappa shape index (κ2) is 2.72. The van der Waals surface area contributed by atoms with Crippen molar-refractivity contribution in [2.75, 3.05) is 13.1 Å². The largest absolute Gasteiger partial charge is 0.365 e. The fraction of sp³-hybridized carbons (Fsp3) is 0.750. The van der Waals surface area contributed by atoms with Crippen LogP contribution in [0, 0.1) is 0 Å². The molecule has 1 fully saturated rings. The normalized spacial score (nSPS) is 28.0. The van der Waals surface area contributed by atoms with Crippen molar-refractivity contribution in [3.8, 4) is 0 Å². The molecule has 0 radical (unpaired) electrons. The van der Waals surface area contributed by atoms with E-state index in [1.54, 1.807) is 0 Å². The summed E-state index contributed by atoms with van der Waals surface area (Å²) in [6, 6.07) is 0. The van der Waals surface area contributed by atoms with Gasteiger partial charge in [0.15, 0.2) is 0 Å². The van der Waals surface area contributed by atoms with E-state index in [0.717, 1.165) is 13.1 Å². The van der Waals surface area contributed by atoms with Crippen molar-refractivity contribution in [3.63, 3.8) is 0 Å². The van der Waals surface area contributed by atoms with Gasteiger partial charge >= 0.3 is 0 Å². The van der Waals surface area contributed by atoms with Crippen LogP contribution in [0.5, 0.6) is 0 Å². The Balaban J connectivity index is 2.02. The second-order valence-electron chi connectivity index (χ2n) is 3.16. The molecule has 10 heavy (non-hydrogen) atoms. The number of ether oxygens (including phenoxy) is 1. The lowest BCUT2D eigenvalue weighted by molar-refractivity contribution is 0.322. The first-order valence-corrected chi connectivity index (χ1v) is 3.66. The lowest BCUT2D eigenvalue weighted by atomic mass is 10.1. The molecule has 1 N–H and O–H groups in total. The van der Waals surface area contributed by atoms with Gasteiger partial charge in [-0.1, -0.05) is 6.08 Å². The third-order valence-corrected chi connectivity index (χ3v) is 1.78. The number of hydrogen-bond acceptors (Lipinski definition) is 2. The fourth-order valence-electron chi connectivity index (χ4n) is 0.937. The monoisotopic (exact) mass is 141 g/mol. The van der Waals surface area contributed by atoms with Gasteiger partial charge in [0.25, 0.3) is 0 Å². The Morgan fingerprint density at radius 1 is 1.70 bits per heavy atom. The number of rotatable bonds is 4. The molecule has 0 amide bonds. The molecule has 1 aliphatic heterocycles. The number of hydrogen-bond donors (Lipinski definition) is 1. The van der Waals surface area contributed by atoms with Gasteiger partial charge in [-0.25, -0.2) is 0 Å². The second-order valence-corrected chi connectivity index (χ2v) is 3.16. The molecular weight excluding hydrogens is 126 g/mol. The first kappa shape index (κ1) is 7.76. The Bertz CT molecular complexity index is 131. The van der Waals surface area contributed by atoms with Crippen LogP contribution in [-0.2, 0) is 4.74 Å². The van der Waals surface area contributed by atoms with Gasteiger partial charge in [-0.2, -0.15) is 0 Å². The van der Waals surface area contributed by atoms with Crippen molar-refractivity contribution in [1.29, 1.82) is 0 Å². The summed E-state index contributed by atoms with van der Waals surface area (Å²) in [5.41, 5.74) is 0.119. The van der Waals surface area contributed by atoms with E-state index in [2.05, 4.69) is 25.7 Å². The highest BCUT2D eigenvalue weighted by Crippen LogP contribution is 2.34. The highest BCUT2D eigenvalue weighted by molar-refractivity contribution is 4.96. The predicted octanol–water partition coefficient (Wildman–Crippen LogP) is 0.939. The minimum absolute atomic E-state index is 0.119. The fourth-order valence-corrected chi connectivity index (χ4v) is 0.937. The van der Waals surface area contributed by atoms with E-state index in [1.807, 2.05) is 6.08 Å². The van der Waals surface area contributed by atoms with Crippen molar-refractivity contribution >= 4 is 0 Å². The van der Waals surface area contributed by atoms with Gasteiger partial charge < -0.3 is 10.1 Å². The zero-order valence-electron chi connectivity index (χ0n) is 6.68. The molecule has 1 aliphatic rings. The Hall–Kier alpha value is -0.340. The van der Waals surface area contributed by atoms with E-state index in [9.17, 15) is 0 Å². The quantitative estimate of drug-likeness (QED) is 0.358. The molecule has 0 aliphatic carbocycles. The Morgan fingerprint density at radius 2 is 2.30 bits per heavy atom. The van der Waals surface area contributed by atoms with Crippen LogP contribution in [0.1, 0.15) is 13.8 Å². The summed E-state index contributed by atoms with van der Waals surface area (Å²) in [6.07, 6.45) is 2.27. The lowest BCUT2D eigenvalue weighted by Crippen LogP contribution is -2.22. The Kier molecular flexibility index (Phi) is 2.11. The maximum Gasteiger partial charge on any atom is 0.0991 e. The molecule has 1 unspecified atom stereocenters. The molecule has 2 heteroatoms. The number of epoxide rings is 1. The highest BCUT2D eigenvalue weighted by Gasteiger charge is 2.46. The van der Waals surface area contributed by atoms with E-state index in [4.69, 9.17) is 4.74 Å². The van der Waals surface area contributed by atoms with E-state index in [0.29, 0.717) is 6.10 Å². The molecule has 0 aromatic rings. The predicted molar refractivity (Wildman–Crippen MR) is 42.0 cm³/mol. The van der Waals surface area contributed by atoms with Gasteiger partial charge in [-0.15, -0.1) is 6.58 Å². The minimum atomic E-state index is 0.119. The summed E-state index contributed by atoms with van der Waals surface area (Å²) in [5.74, 6) is 0. The summed E-state index contributed by atoms with van der Waals surface area (Å²) in [7, 11) is 0. The topological polar surface area (TPSA) is 24.6 Å². The molecule has 0 bridgehead atoms. The van der Waals surface area contributed by atoms with Crippen molar-refractivity contribution < 1.29 is 4.74 Å². The van der Waals surface area contributed by atoms with E-state index >= 15 is 0 Å². The van der Waals surface area contributed by atoms with Crippen LogP contribution in [0.3, 0.4) is 0 Å². The molecule has 0 spiro atoms. The Morgan fingerprint density at radius 3 is 2.70 bits per heavy atom. The van der Waals surface area contributed by atoms with Crippen LogP contribution in [0.2, 0.25) is 0 Å². The van der Waals surface area contributed by atoms with Gasteiger partial charge in [0.05, 0.1) is 11.7 Å². The third kappa shape index (κ3) is 1.82. The zero-order chi connectivity index (χ0) is 7.61. The molecule has 1 atom stereocenters. The molecule has 0 saturated carbocycles. The molecular formula is C8H15NO. The van der Waals surface area contributed by atoms with Crippen LogP contribution >= 0.6 is 0 Å². The summed E-state index contributed by atoms with van der Waals surface area (Å²) in [6.45, 7) is 9.63. The number of nitrogens with one attached hydrogen (secondary N) is 1. The first-order chi connectivity index (χ1) is 4.67. The van der Waals surface area contributed by atoms with Crippen LogP contribution in [-0.4, -0.2) is 24.8 Å². The Labute approximate surface area is 62.3 Å². The SMILES string of the molecule is C=CCNCC1OC1(C)C. The third-order valence-electron chi connectivity index (χ3n) is 1.78. The van der Waals surface area contributed by atoms with Gasteiger partial charge in [-0.3, -0.25) is 0 Å². The molecule has 0 aromatic heterocycles. The van der Waals surface area contributed by atoms with Crippen LogP contribution in [0.25, 0.3) is 0 Å². The molecule has 1 rings (SSSR count). The molecule has 58 valence electrons. The van der Waals surface area contributed by atoms with Gasteiger partial charge in [0.2, 0.25) is 0 Å². The van der Waals surface area contributed by atoms with Gasteiger partial charge in [-0.05, 0) is 13.8 Å². The van der Waals surface area contributed by atoms with Crippen molar-refractivity contribution in [3.05, 3.63) is 12.7 Å². The van der Waals surface area contributed by atoms with Crippen molar-refractivity contribution in [2.24, 2.45) is 0 Å². The van der Waals surface area contributed by atoms with Gasteiger partial charge in [0.1, 0.15) is 0 Å². The average molecular weight is 141 g/mol. The van der Waals surface area contributed by atoms with E-state index in [-0.39, 0.29) is 5.60 Å². The minimum Gasteiger partial charge on any atom is -0.365 e. The summed E-state index contributed by atoms with van der Waals surface area (Å²) < 4.78 is 5.35. The maximum absolute atomic E-state index is 5.35. The van der Waals surface area contributed by atoms with Crippen LogP contribution < -0.4 is 5.32 Å². The molecule has 0 aromatic carbocycles. The van der Waals surface area contributed by atoms with E-state index in [1.165, 1.54) is 0 Å². The average Bonchev–Trinajstić information content (AvgIpc) is 2.41. The molecule has 1 saturated heterocycles.